The van der Waals surface area contributed by atoms with E-state index in [1.54, 1.807) is 0 Å². The maximum atomic E-state index is 14.9. The molecule has 0 saturated carbocycles. The number of alkyl halides is 7. The highest BCUT2D eigenvalue weighted by Crippen LogP contribution is 2.56. The molecule has 1 aliphatic carbocycles. The van der Waals surface area contributed by atoms with E-state index < -0.39 is 78.6 Å². The maximum absolute atomic E-state index is 14.9. The number of aliphatic carboxylic acids is 1. The van der Waals surface area contributed by atoms with Crippen LogP contribution in [-0.4, -0.2) is 55.2 Å². The van der Waals surface area contributed by atoms with Gasteiger partial charge in [0.2, 0.25) is 5.91 Å². The molecule has 0 radical (unpaired) electrons. The summed E-state index contributed by atoms with van der Waals surface area (Å²) in [6.07, 6.45) is -14.3. The van der Waals surface area contributed by atoms with E-state index >= 15 is 0 Å². The van der Waals surface area contributed by atoms with E-state index in [2.05, 4.69) is 0 Å². The largest absolute Gasteiger partial charge is 0.481 e. The molecule has 2 unspecified atom stereocenters. The number of nitrogens with zero attached hydrogens (tertiary/aromatic N) is 1. The summed E-state index contributed by atoms with van der Waals surface area (Å²) in [5.41, 5.74) is -9.64. The molecule has 230 valence electrons. The highest BCUT2D eigenvalue weighted by atomic mass is 32.2. The third-order valence-electron chi connectivity index (χ3n) is 8.14. The Bertz CT molecular complexity index is 1520. The average Bonchev–Trinajstić information content (AvgIpc) is 3.28. The quantitative estimate of drug-likeness (QED) is 0.407. The van der Waals surface area contributed by atoms with Crippen LogP contribution in [0.25, 0.3) is 0 Å². The second-order valence-electron chi connectivity index (χ2n) is 11.1. The minimum Gasteiger partial charge on any atom is -0.481 e. The number of hydrogen-bond acceptors (Lipinski definition) is 4. The number of carbonyl (C=O) groups is 2. The number of aryl methyl sites for hydroxylation is 1. The number of carboxylic acids is 1. The molecule has 1 aliphatic heterocycles. The molecule has 15 heteroatoms. The van der Waals surface area contributed by atoms with E-state index in [9.17, 15) is 58.2 Å². The molecule has 4 rings (SSSR count). The van der Waals surface area contributed by atoms with Gasteiger partial charge in [0.1, 0.15) is 10.6 Å². The van der Waals surface area contributed by atoms with Crippen LogP contribution in [0, 0.1) is 11.2 Å². The molecule has 2 aromatic rings. The smallest absolute Gasteiger partial charge is 0.435 e. The van der Waals surface area contributed by atoms with Crippen LogP contribution in [0.1, 0.15) is 49.8 Å². The van der Waals surface area contributed by atoms with E-state index in [4.69, 9.17) is 0 Å². The van der Waals surface area contributed by atoms with Crippen molar-refractivity contribution in [1.29, 1.82) is 0 Å². The molecule has 42 heavy (non-hydrogen) atoms. The summed E-state index contributed by atoms with van der Waals surface area (Å²) in [5, 5.41) is 9.46. The van der Waals surface area contributed by atoms with Gasteiger partial charge in [-0.1, -0.05) is 24.3 Å². The third kappa shape index (κ3) is 4.63. The maximum Gasteiger partial charge on any atom is 0.435 e. The summed E-state index contributed by atoms with van der Waals surface area (Å²) in [7, 11) is -4.72. The zero-order valence-corrected chi connectivity index (χ0v) is 22.9. The van der Waals surface area contributed by atoms with Gasteiger partial charge in [-0.25, -0.2) is 17.2 Å². The number of sulfone groups is 1. The molecule has 1 heterocycles. The molecule has 0 aromatic heterocycles. The minimum atomic E-state index is -6.39. The van der Waals surface area contributed by atoms with Gasteiger partial charge in [0.05, 0.1) is 16.4 Å². The molecule has 1 amide bonds. The Morgan fingerprint density at radius 3 is 2.17 bits per heavy atom. The summed E-state index contributed by atoms with van der Waals surface area (Å²) in [6, 6.07) is 3.83. The second kappa shape index (κ2) is 9.91. The number of halogens is 8. The van der Waals surface area contributed by atoms with Crippen LogP contribution in [0.15, 0.2) is 47.4 Å². The number of rotatable bonds is 6. The van der Waals surface area contributed by atoms with Crippen molar-refractivity contribution >= 4 is 21.7 Å². The van der Waals surface area contributed by atoms with Gasteiger partial charge in [-0.05, 0) is 62.4 Å². The average molecular weight is 628 g/mol. The van der Waals surface area contributed by atoms with Crippen LogP contribution in [0.3, 0.4) is 0 Å². The zero-order valence-electron chi connectivity index (χ0n) is 22.1. The van der Waals surface area contributed by atoms with Crippen molar-refractivity contribution in [3.8, 4) is 0 Å². The summed E-state index contributed by atoms with van der Waals surface area (Å²) in [5.74, 6) is -2.98. The van der Waals surface area contributed by atoms with Gasteiger partial charge in [-0.2, -0.15) is 26.3 Å². The highest BCUT2D eigenvalue weighted by Gasteiger charge is 2.74. The van der Waals surface area contributed by atoms with Crippen molar-refractivity contribution in [2.24, 2.45) is 5.41 Å². The second-order valence-corrected chi connectivity index (χ2v) is 13.3. The molecule has 0 spiro atoms. The number of benzene rings is 2. The van der Waals surface area contributed by atoms with E-state index in [0.29, 0.717) is 18.2 Å². The van der Waals surface area contributed by atoms with Gasteiger partial charge in [-0.3, -0.25) is 9.59 Å². The van der Waals surface area contributed by atoms with E-state index in [1.165, 1.54) is 13.8 Å². The molecule has 1 fully saturated rings. The monoisotopic (exact) mass is 627 g/mol. The summed E-state index contributed by atoms with van der Waals surface area (Å²) in [6.45, 7) is 2.30. The predicted octanol–water partition coefficient (Wildman–Crippen LogP) is 5.83. The van der Waals surface area contributed by atoms with Gasteiger partial charge in [0.25, 0.3) is 0 Å². The third-order valence-corrected chi connectivity index (χ3v) is 10.7. The topological polar surface area (TPSA) is 91.8 Å². The van der Waals surface area contributed by atoms with Crippen molar-refractivity contribution < 1.29 is 58.2 Å². The lowest BCUT2D eigenvalue weighted by atomic mass is 9.76. The Balaban J connectivity index is 1.93. The van der Waals surface area contributed by atoms with Crippen LogP contribution in [-0.2, 0) is 36.3 Å². The lowest BCUT2D eigenvalue weighted by molar-refractivity contribution is -0.348. The van der Waals surface area contributed by atoms with Gasteiger partial charge < -0.3 is 10.0 Å². The van der Waals surface area contributed by atoms with E-state index in [-0.39, 0.29) is 43.0 Å². The van der Waals surface area contributed by atoms with Gasteiger partial charge in [0.15, 0.2) is 9.84 Å². The standard InChI is InChI=1S/C27H25F8NO5S/c1-23(2,22(38)39)14-21(37)36-11-10-24(42(40,41)18-5-3-4-17(28)13-18)19-8-7-16(12-15(19)6-9-20(24)36)25(29,26(30,31)32)27(33,34)35/h3-5,7-8,12-13,20H,6,9-11,14H2,1-2H3,(H,38,39). The van der Waals surface area contributed by atoms with Crippen molar-refractivity contribution in [3.63, 3.8) is 0 Å². The predicted molar refractivity (Wildman–Crippen MR) is 131 cm³/mol. The van der Waals surface area contributed by atoms with E-state index in [0.717, 1.165) is 23.1 Å². The van der Waals surface area contributed by atoms with Crippen LogP contribution in [0.2, 0.25) is 0 Å². The van der Waals surface area contributed by atoms with Crippen molar-refractivity contribution in [3.05, 3.63) is 65.0 Å². The zero-order chi connectivity index (χ0) is 31.7. The fraction of sp³-hybridized carbons (Fsp3) is 0.481. The molecule has 6 nitrogen and oxygen atoms in total. The Morgan fingerprint density at radius 2 is 1.62 bits per heavy atom. The fourth-order valence-electron chi connectivity index (χ4n) is 5.93. The van der Waals surface area contributed by atoms with Crippen LogP contribution in [0.5, 0.6) is 0 Å². The van der Waals surface area contributed by atoms with Gasteiger partial charge in [0, 0.05) is 18.5 Å². The van der Waals surface area contributed by atoms with Crippen LogP contribution in [0.4, 0.5) is 35.1 Å². The van der Waals surface area contributed by atoms with Gasteiger partial charge in [-0.15, -0.1) is 0 Å². The number of amides is 1. The van der Waals surface area contributed by atoms with Crippen molar-refractivity contribution in [2.45, 2.75) is 73.2 Å². The summed E-state index contributed by atoms with van der Waals surface area (Å²) < 4.78 is 136. The SMILES string of the molecule is CC(C)(CC(=O)N1CCC2(S(=O)(=O)c3cccc(F)c3)c3ccc(C(F)(C(F)(F)F)C(F)(F)F)cc3CCC12)C(=O)O. The van der Waals surface area contributed by atoms with Crippen molar-refractivity contribution in [2.75, 3.05) is 6.54 Å². The van der Waals surface area contributed by atoms with Crippen LogP contribution < -0.4 is 0 Å². The molecular formula is C27H25F8NO5S. The lowest BCUT2D eigenvalue weighted by Gasteiger charge is -2.43. The summed E-state index contributed by atoms with van der Waals surface area (Å²) in [4.78, 5) is 25.5. The molecule has 2 aliphatic rings. The molecular weight excluding hydrogens is 602 g/mol. The van der Waals surface area contributed by atoms with Crippen LogP contribution >= 0.6 is 0 Å². The number of hydrogen-bond donors (Lipinski definition) is 1. The lowest BCUT2D eigenvalue weighted by Crippen LogP contribution is -2.53. The summed E-state index contributed by atoms with van der Waals surface area (Å²) >= 11 is 0. The number of carboxylic acid groups (broad SMARTS) is 1. The first kappa shape index (κ1) is 31.7. The first-order chi connectivity index (χ1) is 19.1. The number of carbonyl (C=O) groups excluding carboxylic acids is 1. The Morgan fingerprint density at radius 1 is 1.00 bits per heavy atom. The van der Waals surface area contributed by atoms with Crippen molar-refractivity contribution in [1.82, 2.24) is 4.90 Å². The Hall–Kier alpha value is -3.23. The number of fused-ring (bicyclic) bond motifs is 3. The normalized spacial score (nSPS) is 21.6. The molecule has 2 atom stereocenters. The first-order valence-corrected chi connectivity index (χ1v) is 14.1. The number of likely N-dealkylation sites (tertiary alicyclic amines) is 1. The minimum absolute atomic E-state index is 0.225. The fourth-order valence-corrected chi connectivity index (χ4v) is 8.33. The Labute approximate surface area is 235 Å². The molecule has 0 bridgehead atoms. The first-order valence-electron chi connectivity index (χ1n) is 12.6. The van der Waals surface area contributed by atoms with E-state index in [1.807, 2.05) is 0 Å². The molecule has 1 saturated heterocycles. The van der Waals surface area contributed by atoms with Gasteiger partial charge >= 0.3 is 24.0 Å². The Kier molecular flexibility index (Phi) is 7.48. The molecule has 2 aromatic carbocycles. The highest BCUT2D eigenvalue weighted by molar-refractivity contribution is 7.92. The molecule has 1 N–H and O–H groups in total.